The lowest BCUT2D eigenvalue weighted by molar-refractivity contribution is -0.143. The van der Waals surface area contributed by atoms with E-state index < -0.39 is 58.3 Å². The van der Waals surface area contributed by atoms with Crippen LogP contribution in [0.4, 0.5) is 39.5 Å². The molecule has 1 N–H and O–H groups in total. The predicted octanol–water partition coefficient (Wildman–Crippen LogP) is 5.80. The van der Waals surface area contributed by atoms with Crippen molar-refractivity contribution in [2.75, 3.05) is 0 Å². The summed E-state index contributed by atoms with van der Waals surface area (Å²) in [5.74, 6) is -1.39. The summed E-state index contributed by atoms with van der Waals surface area (Å²) in [5.41, 5.74) is -8.89. The lowest BCUT2D eigenvalue weighted by atomic mass is 10.0. The summed E-state index contributed by atoms with van der Waals surface area (Å²) >= 11 is -0.440. The summed E-state index contributed by atoms with van der Waals surface area (Å²) in [4.78, 5) is 20.2. The zero-order valence-electron chi connectivity index (χ0n) is 17.1. The number of amides is 1. The Kier molecular flexibility index (Phi) is 7.06. The maximum atomic E-state index is 13.1. The van der Waals surface area contributed by atoms with Crippen molar-refractivity contribution in [1.29, 1.82) is 0 Å². The molecule has 2 heterocycles. The lowest BCUT2D eigenvalue weighted by Gasteiger charge is -2.18. The van der Waals surface area contributed by atoms with E-state index in [1.165, 1.54) is 19.3 Å². The van der Waals surface area contributed by atoms with Crippen LogP contribution in [-0.4, -0.2) is 31.2 Å². The van der Waals surface area contributed by atoms with Gasteiger partial charge in [0.25, 0.3) is 5.91 Å². The second-order valence-electron chi connectivity index (χ2n) is 6.92. The molecule has 0 bridgehead atoms. The smallest absolute Gasteiger partial charge is 0.344 e. The van der Waals surface area contributed by atoms with Crippen molar-refractivity contribution < 1.29 is 44.3 Å². The highest BCUT2D eigenvalue weighted by molar-refractivity contribution is 8.00. The number of aromatic nitrogens is 4. The molecule has 1 amide bonds. The van der Waals surface area contributed by atoms with Gasteiger partial charge in [-0.1, -0.05) is 0 Å². The summed E-state index contributed by atoms with van der Waals surface area (Å²) in [5, 5.41) is 5.98. The molecule has 0 radical (unpaired) electrons. The van der Waals surface area contributed by atoms with E-state index in [9.17, 15) is 44.3 Å². The number of nitrogens with zero attached hydrogens (tertiary/aromatic N) is 4. The van der Waals surface area contributed by atoms with Crippen LogP contribution in [0, 0.1) is 0 Å². The number of rotatable bonds is 5. The first-order chi connectivity index (χ1) is 16.0. The fraction of sp³-hybridized carbons (Fsp3) is 0.263. The molecule has 3 rings (SSSR count). The van der Waals surface area contributed by atoms with E-state index in [1.54, 1.807) is 0 Å². The molecule has 16 heteroatoms. The molecule has 0 spiro atoms. The molecule has 6 nitrogen and oxygen atoms in total. The van der Waals surface area contributed by atoms with E-state index in [0.29, 0.717) is 0 Å². The van der Waals surface area contributed by atoms with Gasteiger partial charge in [-0.2, -0.15) is 44.6 Å². The van der Waals surface area contributed by atoms with Crippen molar-refractivity contribution >= 4 is 17.7 Å². The first-order valence-electron chi connectivity index (χ1n) is 9.26. The van der Waals surface area contributed by atoms with Gasteiger partial charge in [-0.25, -0.2) is 9.67 Å². The number of alkyl halides is 9. The van der Waals surface area contributed by atoms with Crippen LogP contribution in [0.1, 0.15) is 40.1 Å². The van der Waals surface area contributed by atoms with Gasteiger partial charge < -0.3 is 5.32 Å². The minimum atomic E-state index is -5.15. The van der Waals surface area contributed by atoms with Crippen LogP contribution in [0.5, 0.6) is 0 Å². The van der Waals surface area contributed by atoms with Crippen LogP contribution in [0.25, 0.3) is 5.82 Å². The first kappa shape index (κ1) is 26.3. The molecule has 0 aliphatic rings. The maximum absolute atomic E-state index is 13.1. The molecule has 0 saturated carbocycles. The number of halogens is 9. The Labute approximate surface area is 194 Å². The van der Waals surface area contributed by atoms with E-state index in [-0.39, 0.29) is 34.6 Å². The predicted molar refractivity (Wildman–Crippen MR) is 103 cm³/mol. The van der Waals surface area contributed by atoms with Crippen molar-refractivity contribution in [2.24, 2.45) is 0 Å². The van der Waals surface area contributed by atoms with Crippen LogP contribution in [0.15, 0.2) is 47.9 Å². The van der Waals surface area contributed by atoms with Gasteiger partial charge in [0, 0.05) is 24.2 Å². The fourth-order valence-electron chi connectivity index (χ4n) is 2.87. The Bertz CT molecular complexity index is 1190. The second kappa shape index (κ2) is 9.39. The molecule has 3 aromatic rings. The van der Waals surface area contributed by atoms with Crippen LogP contribution in [0.3, 0.4) is 0 Å². The first-order valence-corrected chi connectivity index (χ1v) is 10.1. The molecule has 0 saturated heterocycles. The lowest BCUT2D eigenvalue weighted by Crippen LogP contribution is -2.29. The Morgan fingerprint density at radius 3 is 2.06 bits per heavy atom. The Morgan fingerprint density at radius 1 is 0.943 bits per heavy atom. The van der Waals surface area contributed by atoms with Crippen molar-refractivity contribution in [2.45, 2.75) is 35.7 Å². The van der Waals surface area contributed by atoms with Gasteiger partial charge in [-0.3, -0.25) is 9.78 Å². The van der Waals surface area contributed by atoms with Crippen LogP contribution in [0.2, 0.25) is 0 Å². The van der Waals surface area contributed by atoms with E-state index in [4.69, 9.17) is 0 Å². The zero-order chi connectivity index (χ0) is 26.2. The van der Waals surface area contributed by atoms with Gasteiger partial charge in [0.2, 0.25) is 0 Å². The molecule has 1 unspecified atom stereocenters. The van der Waals surface area contributed by atoms with Gasteiger partial charge in [0.05, 0.1) is 28.3 Å². The molecule has 0 aliphatic carbocycles. The van der Waals surface area contributed by atoms with Crippen molar-refractivity contribution in [1.82, 2.24) is 25.1 Å². The number of thioether (sulfide) groups is 1. The summed E-state index contributed by atoms with van der Waals surface area (Å²) < 4.78 is 117. The Morgan fingerprint density at radius 2 is 1.51 bits per heavy atom. The molecule has 0 fully saturated rings. The molecule has 188 valence electrons. The highest BCUT2D eigenvalue weighted by atomic mass is 32.2. The van der Waals surface area contributed by atoms with E-state index in [0.717, 1.165) is 17.1 Å². The van der Waals surface area contributed by atoms with Crippen LogP contribution in [-0.2, 0) is 12.4 Å². The monoisotopic (exact) mass is 529 g/mol. The highest BCUT2D eigenvalue weighted by Gasteiger charge is 2.37. The third-order valence-electron chi connectivity index (χ3n) is 4.32. The van der Waals surface area contributed by atoms with Gasteiger partial charge in [0.1, 0.15) is 5.69 Å². The maximum Gasteiger partial charge on any atom is 0.446 e. The fourth-order valence-corrected chi connectivity index (χ4v) is 3.39. The average molecular weight is 529 g/mol. The van der Waals surface area contributed by atoms with Crippen molar-refractivity contribution in [3.63, 3.8) is 0 Å². The number of carbonyl (C=O) groups is 1. The Balaban J connectivity index is 1.90. The van der Waals surface area contributed by atoms with E-state index >= 15 is 0 Å². The highest BCUT2D eigenvalue weighted by Crippen LogP contribution is 2.38. The standard InChI is InChI=1S/C19H12F9N5OS/c1-9(14-15(30-3-2-29-14)33-8-13(7-31-33)35-19(26,27)28)32-16(34)10-4-11(17(20,21)22)6-12(5-10)18(23,24)25/h2-9H,1H3,(H,32,34). The molecule has 35 heavy (non-hydrogen) atoms. The number of hydrogen-bond donors (Lipinski definition) is 1. The minimum absolute atomic E-state index is 0.0597. The summed E-state index contributed by atoms with van der Waals surface area (Å²) in [7, 11) is 0. The topological polar surface area (TPSA) is 72.7 Å². The van der Waals surface area contributed by atoms with Gasteiger partial charge in [-0.05, 0) is 36.9 Å². The van der Waals surface area contributed by atoms with Crippen LogP contribution < -0.4 is 5.32 Å². The quantitative estimate of drug-likeness (QED) is 0.334. The molecular weight excluding hydrogens is 517 g/mol. The van der Waals surface area contributed by atoms with Crippen molar-refractivity contribution in [3.8, 4) is 5.82 Å². The van der Waals surface area contributed by atoms with Crippen molar-refractivity contribution in [3.05, 3.63) is 65.4 Å². The molecule has 1 aromatic carbocycles. The van der Waals surface area contributed by atoms with Gasteiger partial charge in [-0.15, -0.1) is 0 Å². The Hall–Kier alpha value is -3.30. The van der Waals surface area contributed by atoms with E-state index in [2.05, 4.69) is 20.4 Å². The number of hydrogen-bond acceptors (Lipinski definition) is 5. The van der Waals surface area contributed by atoms with Gasteiger partial charge >= 0.3 is 17.9 Å². The molecule has 1 atom stereocenters. The third-order valence-corrected chi connectivity index (χ3v) is 5.00. The largest absolute Gasteiger partial charge is 0.446 e. The summed E-state index contributed by atoms with van der Waals surface area (Å²) in [6.07, 6.45) is -6.06. The zero-order valence-corrected chi connectivity index (χ0v) is 17.9. The number of carbonyl (C=O) groups excluding carboxylic acids is 1. The molecule has 2 aromatic heterocycles. The third kappa shape index (κ3) is 6.64. The van der Waals surface area contributed by atoms with Crippen LogP contribution >= 0.6 is 11.8 Å². The van der Waals surface area contributed by atoms with Gasteiger partial charge in [0.15, 0.2) is 5.82 Å². The SMILES string of the molecule is CC(NC(=O)c1cc(C(F)(F)F)cc(C(F)(F)F)c1)c1nccnc1-n1cc(SC(F)(F)F)cn1. The summed E-state index contributed by atoms with van der Waals surface area (Å²) in [6.45, 7) is 1.30. The number of benzene rings is 1. The summed E-state index contributed by atoms with van der Waals surface area (Å²) in [6, 6.07) is -0.723. The number of nitrogens with one attached hydrogen (secondary N) is 1. The minimum Gasteiger partial charge on any atom is -0.344 e. The average Bonchev–Trinajstić information content (AvgIpc) is 3.18. The normalized spacial score (nSPS) is 13.5. The molecular formula is C19H12F9N5OS. The second-order valence-corrected chi connectivity index (χ2v) is 8.06. The van der Waals surface area contributed by atoms with E-state index in [1.807, 2.05) is 0 Å². The molecule has 0 aliphatic heterocycles.